The van der Waals surface area contributed by atoms with Gasteiger partial charge in [0.05, 0.1) is 17.3 Å². The van der Waals surface area contributed by atoms with Gasteiger partial charge in [-0.3, -0.25) is 9.20 Å². The summed E-state index contributed by atoms with van der Waals surface area (Å²) in [4.78, 5) is 16.2. The van der Waals surface area contributed by atoms with Crippen molar-refractivity contribution in [3.05, 3.63) is 76.7 Å². The first-order valence-corrected chi connectivity index (χ1v) is 7.63. The number of nitriles is 1. The van der Waals surface area contributed by atoms with Crippen LogP contribution in [0.4, 0.5) is 0 Å². The van der Waals surface area contributed by atoms with Crippen LogP contribution in [0, 0.1) is 11.3 Å². The Balaban J connectivity index is 1.69. The Hall–Kier alpha value is -3.10. The highest BCUT2D eigenvalue weighted by Gasteiger charge is 2.07. The normalized spacial score (nSPS) is 10.8. The third-order valence-corrected chi connectivity index (χ3v) is 3.72. The molecule has 0 saturated heterocycles. The lowest BCUT2D eigenvalue weighted by atomic mass is 10.1. The molecule has 1 amide bonds. The molecule has 0 aliphatic heterocycles. The van der Waals surface area contributed by atoms with Crippen molar-refractivity contribution in [2.75, 3.05) is 0 Å². The van der Waals surface area contributed by atoms with Gasteiger partial charge in [-0.2, -0.15) is 5.26 Å². The van der Waals surface area contributed by atoms with Crippen LogP contribution in [0.15, 0.2) is 54.7 Å². The number of amides is 1. The fraction of sp³-hybridized carbons (Fsp3) is 0.0556. The average Bonchev–Trinajstić information content (AvgIpc) is 2.93. The Morgan fingerprint density at radius 3 is 3.04 bits per heavy atom. The quantitative estimate of drug-likeness (QED) is 0.744. The maximum absolute atomic E-state index is 12.0. The van der Waals surface area contributed by atoms with Crippen LogP contribution >= 0.6 is 11.6 Å². The Kier molecular flexibility index (Phi) is 4.59. The number of imidazole rings is 1. The number of hydrogen-bond acceptors (Lipinski definition) is 3. The van der Waals surface area contributed by atoms with E-state index in [0.717, 1.165) is 11.2 Å². The average molecular weight is 337 g/mol. The zero-order chi connectivity index (χ0) is 16.9. The fourth-order valence-electron chi connectivity index (χ4n) is 2.29. The molecule has 1 N–H and O–H groups in total. The molecule has 24 heavy (non-hydrogen) atoms. The van der Waals surface area contributed by atoms with Crippen LogP contribution in [0.3, 0.4) is 0 Å². The monoisotopic (exact) mass is 336 g/mol. The van der Waals surface area contributed by atoms with Crippen molar-refractivity contribution in [2.24, 2.45) is 0 Å². The molecule has 0 radical (unpaired) electrons. The van der Waals surface area contributed by atoms with E-state index < -0.39 is 0 Å². The van der Waals surface area contributed by atoms with Crippen molar-refractivity contribution < 1.29 is 4.79 Å². The summed E-state index contributed by atoms with van der Waals surface area (Å²) in [6, 6.07) is 14.7. The first-order valence-electron chi connectivity index (χ1n) is 7.25. The molecule has 118 valence electrons. The smallest absolute Gasteiger partial charge is 0.244 e. The molecule has 0 aliphatic rings. The van der Waals surface area contributed by atoms with Crippen LogP contribution in [0.5, 0.6) is 0 Å². The zero-order valence-corrected chi connectivity index (χ0v) is 13.4. The highest BCUT2D eigenvalue weighted by atomic mass is 35.5. The van der Waals surface area contributed by atoms with Crippen LogP contribution in [-0.2, 0) is 11.3 Å². The number of halogens is 1. The Morgan fingerprint density at radius 2 is 2.21 bits per heavy atom. The fourth-order valence-corrected chi connectivity index (χ4v) is 2.53. The second-order valence-electron chi connectivity index (χ2n) is 5.08. The maximum atomic E-state index is 12.0. The number of fused-ring (bicyclic) bond motifs is 1. The third kappa shape index (κ3) is 3.45. The van der Waals surface area contributed by atoms with Gasteiger partial charge in [-0.25, -0.2) is 4.98 Å². The predicted octanol–water partition coefficient (Wildman–Crippen LogP) is 3.19. The number of pyridine rings is 1. The third-order valence-electron chi connectivity index (χ3n) is 3.44. The van der Waals surface area contributed by atoms with E-state index in [1.54, 1.807) is 24.3 Å². The second-order valence-corrected chi connectivity index (χ2v) is 5.44. The van der Waals surface area contributed by atoms with E-state index in [2.05, 4.69) is 16.4 Å². The van der Waals surface area contributed by atoms with Gasteiger partial charge in [0.15, 0.2) is 5.15 Å². The first-order chi connectivity index (χ1) is 11.7. The molecule has 2 aromatic heterocycles. The van der Waals surface area contributed by atoms with E-state index in [0.29, 0.717) is 23.0 Å². The minimum Gasteiger partial charge on any atom is -0.348 e. The minimum absolute atomic E-state index is 0.251. The van der Waals surface area contributed by atoms with Gasteiger partial charge in [-0.05, 0) is 35.9 Å². The van der Waals surface area contributed by atoms with Crippen LogP contribution in [0.1, 0.15) is 16.8 Å². The summed E-state index contributed by atoms with van der Waals surface area (Å²) in [7, 11) is 0. The molecule has 0 saturated carbocycles. The molecule has 0 unspecified atom stereocenters. The SMILES string of the molecule is N#Cc1cccc(CNC(=O)/C=C/c2c(Cl)nc3ccccn23)c1. The van der Waals surface area contributed by atoms with Gasteiger partial charge < -0.3 is 5.32 Å². The van der Waals surface area contributed by atoms with Crippen LogP contribution in [-0.4, -0.2) is 15.3 Å². The van der Waals surface area contributed by atoms with Gasteiger partial charge in [0, 0.05) is 18.8 Å². The van der Waals surface area contributed by atoms with E-state index in [1.165, 1.54) is 6.08 Å². The van der Waals surface area contributed by atoms with Gasteiger partial charge in [-0.15, -0.1) is 0 Å². The van der Waals surface area contributed by atoms with Crippen LogP contribution in [0.25, 0.3) is 11.7 Å². The Morgan fingerprint density at radius 1 is 1.33 bits per heavy atom. The van der Waals surface area contributed by atoms with Crippen molar-refractivity contribution in [3.8, 4) is 6.07 Å². The molecule has 6 heteroatoms. The largest absolute Gasteiger partial charge is 0.348 e. The summed E-state index contributed by atoms with van der Waals surface area (Å²) in [5.74, 6) is -0.251. The molecule has 0 spiro atoms. The molecule has 5 nitrogen and oxygen atoms in total. The lowest BCUT2D eigenvalue weighted by Gasteiger charge is -2.03. The number of rotatable bonds is 4. The summed E-state index contributed by atoms with van der Waals surface area (Å²) in [6.07, 6.45) is 4.87. The van der Waals surface area contributed by atoms with E-state index in [-0.39, 0.29) is 5.91 Å². The first kappa shape index (κ1) is 15.8. The van der Waals surface area contributed by atoms with Gasteiger partial charge in [-0.1, -0.05) is 29.8 Å². The number of carbonyl (C=O) groups excluding carboxylic acids is 1. The van der Waals surface area contributed by atoms with Gasteiger partial charge in [0.1, 0.15) is 5.65 Å². The molecule has 2 heterocycles. The van der Waals surface area contributed by atoms with Crippen LogP contribution < -0.4 is 5.32 Å². The highest BCUT2D eigenvalue weighted by molar-refractivity contribution is 6.31. The topological polar surface area (TPSA) is 70.2 Å². The number of aromatic nitrogens is 2. The zero-order valence-electron chi connectivity index (χ0n) is 12.6. The van der Waals surface area contributed by atoms with Crippen molar-refractivity contribution in [1.29, 1.82) is 5.26 Å². The highest BCUT2D eigenvalue weighted by Crippen LogP contribution is 2.18. The molecule has 1 aromatic carbocycles. The molecule has 3 aromatic rings. The molecule has 0 bridgehead atoms. The van der Waals surface area contributed by atoms with Crippen molar-refractivity contribution >= 4 is 29.2 Å². The number of benzene rings is 1. The van der Waals surface area contributed by atoms with E-state index >= 15 is 0 Å². The van der Waals surface area contributed by atoms with Crippen molar-refractivity contribution in [2.45, 2.75) is 6.54 Å². The molecule has 0 atom stereocenters. The Bertz CT molecular complexity index is 969. The van der Waals surface area contributed by atoms with E-state index in [4.69, 9.17) is 16.9 Å². The van der Waals surface area contributed by atoms with Crippen molar-refractivity contribution in [1.82, 2.24) is 14.7 Å². The predicted molar refractivity (Wildman–Crippen MR) is 92.2 cm³/mol. The van der Waals surface area contributed by atoms with Crippen LogP contribution in [0.2, 0.25) is 5.15 Å². The minimum atomic E-state index is -0.251. The van der Waals surface area contributed by atoms with Gasteiger partial charge >= 0.3 is 0 Å². The lowest BCUT2D eigenvalue weighted by Crippen LogP contribution is -2.20. The molecular weight excluding hydrogens is 324 g/mol. The summed E-state index contributed by atoms with van der Waals surface area (Å²) >= 11 is 6.11. The summed E-state index contributed by atoms with van der Waals surface area (Å²) in [5, 5.41) is 12.0. The lowest BCUT2D eigenvalue weighted by molar-refractivity contribution is -0.116. The number of nitrogens with zero attached hydrogens (tertiary/aromatic N) is 3. The Labute approximate surface area is 143 Å². The van der Waals surface area contributed by atoms with E-state index in [9.17, 15) is 4.79 Å². The summed E-state index contributed by atoms with van der Waals surface area (Å²) < 4.78 is 1.81. The van der Waals surface area contributed by atoms with Gasteiger partial charge in [0.2, 0.25) is 5.91 Å². The standard InChI is InChI=1S/C18H13ClN4O/c19-18-15(23-9-2-1-6-16(23)22-18)7-8-17(24)21-12-14-5-3-4-13(10-14)11-20/h1-10H,12H2,(H,21,24)/b8-7+. The second kappa shape index (κ2) is 6.99. The molecule has 3 rings (SSSR count). The summed E-state index contributed by atoms with van der Waals surface area (Å²) in [6.45, 7) is 0.347. The van der Waals surface area contributed by atoms with E-state index in [1.807, 2.05) is 34.9 Å². The number of carbonyl (C=O) groups is 1. The van der Waals surface area contributed by atoms with Gasteiger partial charge in [0.25, 0.3) is 0 Å². The number of nitrogens with one attached hydrogen (secondary N) is 1. The maximum Gasteiger partial charge on any atom is 0.244 e. The number of hydrogen-bond donors (Lipinski definition) is 1. The molecular formula is C18H13ClN4O. The summed E-state index contributed by atoms with van der Waals surface area (Å²) in [5.41, 5.74) is 2.79. The van der Waals surface area contributed by atoms with Crippen molar-refractivity contribution in [3.63, 3.8) is 0 Å². The molecule has 0 aliphatic carbocycles. The molecule has 0 fully saturated rings.